The van der Waals surface area contributed by atoms with Crippen molar-refractivity contribution in [3.63, 3.8) is 0 Å². The first kappa shape index (κ1) is 15.7. The van der Waals surface area contributed by atoms with Gasteiger partial charge in [0.15, 0.2) is 9.84 Å². The van der Waals surface area contributed by atoms with E-state index in [0.29, 0.717) is 30.8 Å². The molecule has 7 nitrogen and oxygen atoms in total. The van der Waals surface area contributed by atoms with Crippen molar-refractivity contribution < 1.29 is 13.2 Å². The molecule has 1 atom stereocenters. The van der Waals surface area contributed by atoms with Crippen LogP contribution in [0.2, 0.25) is 0 Å². The summed E-state index contributed by atoms with van der Waals surface area (Å²) in [4.78, 5) is 16.4. The Bertz CT molecular complexity index is 608. The van der Waals surface area contributed by atoms with Crippen molar-refractivity contribution in [2.45, 2.75) is 19.8 Å². The lowest BCUT2D eigenvalue weighted by atomic mass is 10.1. The standard InChI is InChI=1S/C13H20N4O3S/c1-2-11-5-10(6-12(16-11)17-14)13(18)15-7-9-3-4-21(19,20)8-9/h5-6,9H,2-4,7-8,14H2,1H3,(H,15,18)(H,16,17). The van der Waals surface area contributed by atoms with Crippen LogP contribution in [0.25, 0.3) is 0 Å². The number of nitrogens with one attached hydrogen (secondary N) is 2. The van der Waals surface area contributed by atoms with Gasteiger partial charge < -0.3 is 10.7 Å². The quantitative estimate of drug-likeness (QED) is 0.524. The van der Waals surface area contributed by atoms with Gasteiger partial charge in [0.25, 0.3) is 5.91 Å². The number of sulfone groups is 1. The third kappa shape index (κ3) is 4.15. The van der Waals surface area contributed by atoms with E-state index < -0.39 is 9.84 Å². The maximum Gasteiger partial charge on any atom is 0.251 e. The number of carbonyl (C=O) groups is 1. The summed E-state index contributed by atoms with van der Waals surface area (Å²) in [6.45, 7) is 2.31. The van der Waals surface area contributed by atoms with Crippen LogP contribution >= 0.6 is 0 Å². The Balaban J connectivity index is 2.00. The molecule has 4 N–H and O–H groups in total. The first-order valence-electron chi connectivity index (χ1n) is 6.89. The van der Waals surface area contributed by atoms with Gasteiger partial charge in [-0.3, -0.25) is 4.79 Å². The lowest BCUT2D eigenvalue weighted by Crippen LogP contribution is -2.30. The molecule has 116 valence electrons. The molecule has 0 saturated carbocycles. The summed E-state index contributed by atoms with van der Waals surface area (Å²) < 4.78 is 22.8. The number of rotatable bonds is 5. The molecule has 2 heterocycles. The van der Waals surface area contributed by atoms with E-state index in [4.69, 9.17) is 5.84 Å². The number of nitrogens with zero attached hydrogens (tertiary/aromatic N) is 1. The minimum Gasteiger partial charge on any atom is -0.352 e. The zero-order chi connectivity index (χ0) is 15.5. The molecule has 1 unspecified atom stereocenters. The van der Waals surface area contributed by atoms with E-state index in [2.05, 4.69) is 15.7 Å². The maximum atomic E-state index is 12.1. The molecule has 1 amide bonds. The number of hydrogen-bond acceptors (Lipinski definition) is 6. The normalized spacial score (nSPS) is 20.2. The molecule has 1 aromatic rings. The Morgan fingerprint density at radius 1 is 1.48 bits per heavy atom. The van der Waals surface area contributed by atoms with Crippen LogP contribution in [-0.2, 0) is 16.3 Å². The van der Waals surface area contributed by atoms with Gasteiger partial charge in [-0.15, -0.1) is 0 Å². The van der Waals surface area contributed by atoms with Crippen molar-refractivity contribution in [1.82, 2.24) is 10.3 Å². The first-order valence-corrected chi connectivity index (χ1v) is 8.72. The number of nitrogens with two attached hydrogens (primary N) is 1. The monoisotopic (exact) mass is 312 g/mol. The fraction of sp³-hybridized carbons (Fsp3) is 0.538. The van der Waals surface area contributed by atoms with Crippen LogP contribution in [0.1, 0.15) is 29.4 Å². The molecule has 0 aromatic carbocycles. The second-order valence-corrected chi connectivity index (χ2v) is 7.44. The van der Waals surface area contributed by atoms with E-state index in [1.54, 1.807) is 12.1 Å². The number of carbonyl (C=O) groups excluding carboxylic acids is 1. The molecule has 1 aliphatic heterocycles. The second-order valence-electron chi connectivity index (χ2n) is 5.21. The van der Waals surface area contributed by atoms with Gasteiger partial charge in [-0.05, 0) is 30.9 Å². The molecule has 1 saturated heterocycles. The number of anilines is 1. The van der Waals surface area contributed by atoms with Gasteiger partial charge in [-0.2, -0.15) is 0 Å². The third-order valence-corrected chi connectivity index (χ3v) is 5.37. The van der Waals surface area contributed by atoms with Crippen LogP contribution in [0, 0.1) is 5.92 Å². The zero-order valence-corrected chi connectivity index (χ0v) is 12.7. The number of aromatic nitrogens is 1. The van der Waals surface area contributed by atoms with E-state index in [-0.39, 0.29) is 23.3 Å². The molecule has 0 aliphatic carbocycles. The molecule has 1 fully saturated rings. The van der Waals surface area contributed by atoms with Crippen LogP contribution in [0.3, 0.4) is 0 Å². The van der Waals surface area contributed by atoms with Crippen molar-refractivity contribution >= 4 is 21.6 Å². The van der Waals surface area contributed by atoms with Gasteiger partial charge in [0.05, 0.1) is 11.5 Å². The van der Waals surface area contributed by atoms with Gasteiger partial charge in [0, 0.05) is 17.8 Å². The Kier molecular flexibility index (Phi) is 4.79. The Hall–Kier alpha value is -1.67. The minimum atomic E-state index is -2.92. The fourth-order valence-corrected chi connectivity index (χ4v) is 4.21. The second kappa shape index (κ2) is 6.40. The van der Waals surface area contributed by atoms with E-state index >= 15 is 0 Å². The van der Waals surface area contributed by atoms with Crippen molar-refractivity contribution in [1.29, 1.82) is 0 Å². The molecule has 8 heteroatoms. The van der Waals surface area contributed by atoms with Gasteiger partial charge in [-0.1, -0.05) is 6.92 Å². The van der Waals surface area contributed by atoms with Crippen LogP contribution in [0.15, 0.2) is 12.1 Å². The SMILES string of the molecule is CCc1cc(C(=O)NCC2CCS(=O)(=O)C2)cc(NN)n1. The van der Waals surface area contributed by atoms with Crippen molar-refractivity contribution in [2.24, 2.45) is 11.8 Å². The molecule has 0 spiro atoms. The van der Waals surface area contributed by atoms with Crippen molar-refractivity contribution in [2.75, 3.05) is 23.5 Å². The number of aryl methyl sites for hydroxylation is 1. The Labute approximate surface area is 124 Å². The summed E-state index contributed by atoms with van der Waals surface area (Å²) in [5.74, 6) is 5.89. The largest absolute Gasteiger partial charge is 0.352 e. The summed E-state index contributed by atoms with van der Waals surface area (Å²) in [7, 11) is -2.92. The van der Waals surface area contributed by atoms with E-state index in [1.165, 1.54) is 0 Å². The van der Waals surface area contributed by atoms with Crippen molar-refractivity contribution in [3.8, 4) is 0 Å². The summed E-state index contributed by atoms with van der Waals surface area (Å²) in [5, 5.41) is 2.78. The molecule has 2 rings (SSSR count). The maximum absolute atomic E-state index is 12.1. The lowest BCUT2D eigenvalue weighted by molar-refractivity contribution is 0.0948. The number of pyridine rings is 1. The highest BCUT2D eigenvalue weighted by molar-refractivity contribution is 7.91. The molecule has 0 bridgehead atoms. The molecule has 0 radical (unpaired) electrons. The van der Waals surface area contributed by atoms with Crippen molar-refractivity contribution in [3.05, 3.63) is 23.4 Å². The third-order valence-electron chi connectivity index (χ3n) is 3.53. The molecule has 1 aliphatic rings. The van der Waals surface area contributed by atoms with Crippen LogP contribution in [0.5, 0.6) is 0 Å². The highest BCUT2D eigenvalue weighted by atomic mass is 32.2. The topological polar surface area (TPSA) is 114 Å². The van der Waals surface area contributed by atoms with E-state index in [1.807, 2.05) is 6.92 Å². The molecular weight excluding hydrogens is 292 g/mol. The van der Waals surface area contributed by atoms with Gasteiger partial charge in [0.1, 0.15) is 5.82 Å². The summed E-state index contributed by atoms with van der Waals surface area (Å²) >= 11 is 0. The van der Waals surface area contributed by atoms with Crippen LogP contribution in [0.4, 0.5) is 5.82 Å². The van der Waals surface area contributed by atoms with Gasteiger partial charge >= 0.3 is 0 Å². The average Bonchev–Trinajstić information content (AvgIpc) is 2.83. The Morgan fingerprint density at radius 2 is 2.24 bits per heavy atom. The fourth-order valence-electron chi connectivity index (χ4n) is 2.35. The van der Waals surface area contributed by atoms with E-state index in [0.717, 1.165) is 5.69 Å². The smallest absolute Gasteiger partial charge is 0.251 e. The van der Waals surface area contributed by atoms with Gasteiger partial charge in [-0.25, -0.2) is 19.2 Å². The summed E-state index contributed by atoms with van der Waals surface area (Å²) in [5.41, 5.74) is 3.67. The molecular formula is C13H20N4O3S. The number of hydrazine groups is 1. The van der Waals surface area contributed by atoms with E-state index in [9.17, 15) is 13.2 Å². The van der Waals surface area contributed by atoms with Crippen LogP contribution in [-0.4, -0.2) is 37.4 Å². The predicted molar refractivity (Wildman–Crippen MR) is 80.5 cm³/mol. The highest BCUT2D eigenvalue weighted by Crippen LogP contribution is 2.17. The highest BCUT2D eigenvalue weighted by Gasteiger charge is 2.28. The average molecular weight is 312 g/mol. The summed E-state index contributed by atoms with van der Waals surface area (Å²) in [6.07, 6.45) is 1.30. The summed E-state index contributed by atoms with van der Waals surface area (Å²) in [6, 6.07) is 3.28. The predicted octanol–water partition coefficient (Wildman–Crippen LogP) is 0.0941. The zero-order valence-electron chi connectivity index (χ0n) is 11.9. The molecule has 21 heavy (non-hydrogen) atoms. The molecule has 1 aromatic heterocycles. The Morgan fingerprint density at radius 3 is 2.81 bits per heavy atom. The van der Waals surface area contributed by atoms with Gasteiger partial charge in [0.2, 0.25) is 0 Å². The lowest BCUT2D eigenvalue weighted by Gasteiger charge is -2.11. The van der Waals surface area contributed by atoms with Crippen LogP contribution < -0.4 is 16.6 Å². The number of amides is 1. The minimum absolute atomic E-state index is 0.00135. The number of nitrogen functional groups attached to an aromatic ring is 1. The number of hydrogen-bond donors (Lipinski definition) is 3. The first-order chi connectivity index (χ1) is 9.93.